The Balaban J connectivity index is 1.68. The maximum absolute atomic E-state index is 12.7. The molecule has 4 heteroatoms. The van der Waals surface area contributed by atoms with Gasteiger partial charge in [0.05, 0.1) is 6.04 Å². The average Bonchev–Trinajstić information content (AvgIpc) is 2.65. The van der Waals surface area contributed by atoms with E-state index < -0.39 is 0 Å². The van der Waals surface area contributed by atoms with Gasteiger partial charge in [-0.3, -0.25) is 14.6 Å². The predicted octanol–water partition coefficient (Wildman–Crippen LogP) is 3.89. The van der Waals surface area contributed by atoms with E-state index in [1.165, 1.54) is 16.7 Å². The van der Waals surface area contributed by atoms with E-state index in [9.17, 15) is 9.59 Å². The number of nitrogens with zero attached hydrogens (tertiary/aromatic N) is 2. The second-order valence-corrected chi connectivity index (χ2v) is 6.63. The summed E-state index contributed by atoms with van der Waals surface area (Å²) in [5, 5.41) is 0. The van der Waals surface area contributed by atoms with E-state index in [1.807, 2.05) is 4.90 Å². The SMILES string of the molecule is CCC1c2ccc(C)cc2CCN1C(=O)CCC(=O)c1cccnc1. The molecule has 0 fully saturated rings. The van der Waals surface area contributed by atoms with Gasteiger partial charge in [-0.05, 0) is 43.0 Å². The zero-order valence-electron chi connectivity index (χ0n) is 14.9. The van der Waals surface area contributed by atoms with Gasteiger partial charge >= 0.3 is 0 Å². The van der Waals surface area contributed by atoms with Crippen LogP contribution in [-0.4, -0.2) is 28.1 Å². The first-order valence-corrected chi connectivity index (χ1v) is 8.92. The standard InChI is InChI=1S/C21H24N2O2/c1-3-19-18-7-6-15(2)13-16(18)10-12-23(19)21(25)9-8-20(24)17-5-4-11-22-14-17/h4-7,11,13-14,19H,3,8-10,12H2,1-2H3. The second-order valence-electron chi connectivity index (χ2n) is 6.63. The van der Waals surface area contributed by atoms with Crippen LogP contribution in [0.2, 0.25) is 0 Å². The number of carbonyl (C=O) groups is 2. The van der Waals surface area contributed by atoms with Crippen molar-refractivity contribution in [2.75, 3.05) is 6.54 Å². The van der Waals surface area contributed by atoms with Crippen LogP contribution in [0.1, 0.15) is 59.3 Å². The Hall–Kier alpha value is -2.49. The fourth-order valence-corrected chi connectivity index (χ4v) is 3.62. The van der Waals surface area contributed by atoms with E-state index in [0.717, 1.165) is 19.4 Å². The number of pyridine rings is 1. The molecule has 1 aliphatic heterocycles. The van der Waals surface area contributed by atoms with Crippen molar-refractivity contribution in [3.05, 3.63) is 65.0 Å². The molecule has 1 amide bonds. The molecule has 0 radical (unpaired) electrons. The fourth-order valence-electron chi connectivity index (χ4n) is 3.62. The number of hydrogen-bond donors (Lipinski definition) is 0. The first kappa shape index (κ1) is 17.3. The van der Waals surface area contributed by atoms with E-state index >= 15 is 0 Å². The molecule has 0 saturated heterocycles. The third-order valence-electron chi connectivity index (χ3n) is 4.91. The van der Waals surface area contributed by atoms with Crippen LogP contribution in [0, 0.1) is 6.92 Å². The van der Waals surface area contributed by atoms with Crippen LogP contribution in [0.15, 0.2) is 42.7 Å². The predicted molar refractivity (Wildman–Crippen MR) is 97.4 cm³/mol. The van der Waals surface area contributed by atoms with Gasteiger partial charge in [0.15, 0.2) is 5.78 Å². The Bertz CT molecular complexity index is 771. The van der Waals surface area contributed by atoms with Crippen molar-refractivity contribution in [2.45, 2.75) is 45.6 Å². The summed E-state index contributed by atoms with van der Waals surface area (Å²) in [6.45, 7) is 4.94. The van der Waals surface area contributed by atoms with E-state index in [-0.39, 0.29) is 30.6 Å². The summed E-state index contributed by atoms with van der Waals surface area (Å²) >= 11 is 0. The van der Waals surface area contributed by atoms with E-state index in [4.69, 9.17) is 0 Å². The largest absolute Gasteiger partial charge is 0.335 e. The first-order valence-electron chi connectivity index (χ1n) is 8.92. The van der Waals surface area contributed by atoms with E-state index in [0.29, 0.717) is 5.56 Å². The Labute approximate surface area is 148 Å². The number of rotatable bonds is 5. The van der Waals surface area contributed by atoms with Gasteiger partial charge in [0.25, 0.3) is 0 Å². The molecule has 3 rings (SSSR count). The topological polar surface area (TPSA) is 50.3 Å². The summed E-state index contributed by atoms with van der Waals surface area (Å²) < 4.78 is 0. The van der Waals surface area contributed by atoms with Crippen molar-refractivity contribution in [2.24, 2.45) is 0 Å². The monoisotopic (exact) mass is 336 g/mol. The molecule has 1 aromatic carbocycles. The highest BCUT2D eigenvalue weighted by atomic mass is 16.2. The molecule has 1 unspecified atom stereocenters. The molecule has 0 aliphatic carbocycles. The number of fused-ring (bicyclic) bond motifs is 1. The molecule has 1 aliphatic rings. The molecule has 1 aromatic heterocycles. The number of Topliss-reactive ketones (excluding diaryl/α,β-unsaturated/α-hetero) is 1. The van der Waals surface area contributed by atoms with Crippen molar-refractivity contribution < 1.29 is 9.59 Å². The van der Waals surface area contributed by atoms with Gasteiger partial charge < -0.3 is 4.90 Å². The molecule has 25 heavy (non-hydrogen) atoms. The van der Waals surface area contributed by atoms with Gasteiger partial charge in [0.2, 0.25) is 5.91 Å². The smallest absolute Gasteiger partial charge is 0.223 e. The Morgan fingerprint density at radius 1 is 1.24 bits per heavy atom. The lowest BCUT2D eigenvalue weighted by molar-refractivity contribution is -0.134. The summed E-state index contributed by atoms with van der Waals surface area (Å²) in [6, 6.07) is 10.1. The molecule has 0 spiro atoms. The molecular formula is C21H24N2O2. The Kier molecular flexibility index (Phi) is 5.27. The molecular weight excluding hydrogens is 312 g/mol. The van der Waals surface area contributed by atoms with Crippen LogP contribution in [0.3, 0.4) is 0 Å². The maximum atomic E-state index is 12.7. The molecule has 1 atom stereocenters. The van der Waals surface area contributed by atoms with Crippen molar-refractivity contribution in [3.8, 4) is 0 Å². The minimum atomic E-state index is -0.0254. The van der Waals surface area contributed by atoms with Crippen molar-refractivity contribution in [1.29, 1.82) is 0 Å². The van der Waals surface area contributed by atoms with Crippen molar-refractivity contribution in [3.63, 3.8) is 0 Å². The summed E-state index contributed by atoms with van der Waals surface area (Å²) in [7, 11) is 0. The van der Waals surface area contributed by atoms with Gasteiger partial charge in [-0.15, -0.1) is 0 Å². The fraction of sp³-hybridized carbons (Fsp3) is 0.381. The molecule has 0 N–H and O–H groups in total. The van der Waals surface area contributed by atoms with E-state index in [2.05, 4.69) is 37.0 Å². The van der Waals surface area contributed by atoms with Gasteiger partial charge in [-0.2, -0.15) is 0 Å². The molecule has 2 aromatic rings. The summed E-state index contributed by atoms with van der Waals surface area (Å²) in [4.78, 5) is 30.9. The van der Waals surface area contributed by atoms with Crippen LogP contribution in [0.25, 0.3) is 0 Å². The summed E-state index contributed by atoms with van der Waals surface area (Å²) in [6.07, 6.45) is 5.46. The Morgan fingerprint density at radius 3 is 2.80 bits per heavy atom. The number of benzene rings is 1. The van der Waals surface area contributed by atoms with Gasteiger partial charge in [0.1, 0.15) is 0 Å². The normalized spacial score (nSPS) is 16.4. The zero-order chi connectivity index (χ0) is 17.8. The number of aromatic nitrogens is 1. The minimum Gasteiger partial charge on any atom is -0.335 e. The third-order valence-corrected chi connectivity index (χ3v) is 4.91. The molecule has 2 heterocycles. The van der Waals surface area contributed by atoms with Crippen LogP contribution < -0.4 is 0 Å². The maximum Gasteiger partial charge on any atom is 0.223 e. The molecule has 0 bridgehead atoms. The number of carbonyl (C=O) groups excluding carboxylic acids is 2. The highest BCUT2D eigenvalue weighted by molar-refractivity contribution is 5.97. The lowest BCUT2D eigenvalue weighted by Crippen LogP contribution is -2.40. The zero-order valence-corrected chi connectivity index (χ0v) is 14.9. The van der Waals surface area contributed by atoms with Crippen LogP contribution >= 0.6 is 0 Å². The highest BCUT2D eigenvalue weighted by Crippen LogP contribution is 2.33. The first-order chi connectivity index (χ1) is 12.1. The number of amides is 1. The van der Waals surface area contributed by atoms with Crippen molar-refractivity contribution >= 4 is 11.7 Å². The second kappa shape index (κ2) is 7.60. The number of hydrogen-bond acceptors (Lipinski definition) is 3. The average molecular weight is 336 g/mol. The van der Waals surface area contributed by atoms with Crippen LogP contribution in [0.4, 0.5) is 0 Å². The summed E-state index contributed by atoms with van der Waals surface area (Å²) in [5.41, 5.74) is 4.44. The number of aryl methyl sites for hydroxylation is 1. The van der Waals surface area contributed by atoms with Gasteiger partial charge in [-0.25, -0.2) is 0 Å². The highest BCUT2D eigenvalue weighted by Gasteiger charge is 2.29. The van der Waals surface area contributed by atoms with Crippen LogP contribution in [0.5, 0.6) is 0 Å². The van der Waals surface area contributed by atoms with Gasteiger partial charge in [-0.1, -0.05) is 30.7 Å². The Morgan fingerprint density at radius 2 is 2.08 bits per heavy atom. The van der Waals surface area contributed by atoms with Gasteiger partial charge in [0, 0.05) is 37.3 Å². The number of ketones is 1. The quantitative estimate of drug-likeness (QED) is 0.778. The van der Waals surface area contributed by atoms with Crippen molar-refractivity contribution in [1.82, 2.24) is 9.88 Å². The minimum absolute atomic E-state index is 0.0254. The van der Waals surface area contributed by atoms with Crippen LogP contribution in [-0.2, 0) is 11.2 Å². The third kappa shape index (κ3) is 3.78. The molecule has 130 valence electrons. The lowest BCUT2D eigenvalue weighted by atomic mass is 9.89. The lowest BCUT2D eigenvalue weighted by Gasteiger charge is -2.37. The summed E-state index contributed by atoms with van der Waals surface area (Å²) in [5.74, 6) is 0.0397. The molecule has 0 saturated carbocycles. The molecule has 4 nitrogen and oxygen atoms in total. The van der Waals surface area contributed by atoms with E-state index in [1.54, 1.807) is 24.5 Å².